The van der Waals surface area contributed by atoms with Crippen LogP contribution in [0.25, 0.3) is 5.69 Å². The number of para-hydroxylation sites is 1. The molecule has 4 nitrogen and oxygen atoms in total. The van der Waals surface area contributed by atoms with Gasteiger partial charge in [-0.25, -0.2) is 13.8 Å². The van der Waals surface area contributed by atoms with Crippen LogP contribution in [0.1, 0.15) is 23.1 Å². The van der Waals surface area contributed by atoms with Crippen LogP contribution in [0.2, 0.25) is 10.3 Å². The van der Waals surface area contributed by atoms with Crippen LogP contribution < -0.4 is 4.74 Å². The van der Waals surface area contributed by atoms with Crippen molar-refractivity contribution in [2.75, 3.05) is 7.11 Å². The molecule has 3 rings (SSSR count). The third kappa shape index (κ3) is 3.16. The van der Waals surface area contributed by atoms with E-state index in [-0.39, 0.29) is 16.0 Å². The molecule has 0 aliphatic rings. The van der Waals surface area contributed by atoms with Crippen LogP contribution >= 0.6 is 23.2 Å². The lowest BCUT2D eigenvalue weighted by Gasteiger charge is -2.18. The van der Waals surface area contributed by atoms with Gasteiger partial charge in [0, 0.05) is 5.56 Å². The Kier molecular flexibility index (Phi) is 5.18. The second-order valence-corrected chi connectivity index (χ2v) is 6.29. The normalized spacial score (nSPS) is 12.3. The molecule has 3 aromatic rings. The fourth-order valence-electron chi connectivity index (χ4n) is 2.75. The van der Waals surface area contributed by atoms with Gasteiger partial charge in [0.05, 0.1) is 23.5 Å². The number of hydrogen-bond donors (Lipinski definition) is 1. The first-order valence-electron chi connectivity index (χ1n) is 7.55. The second kappa shape index (κ2) is 7.23. The highest BCUT2D eigenvalue weighted by Gasteiger charge is 2.27. The highest BCUT2D eigenvalue weighted by atomic mass is 35.5. The molecule has 26 heavy (non-hydrogen) atoms. The van der Waals surface area contributed by atoms with Crippen molar-refractivity contribution in [3.05, 3.63) is 75.3 Å². The number of halogens is 4. The molecular weight excluding hydrogens is 385 g/mol. The quantitative estimate of drug-likeness (QED) is 0.682. The molecule has 1 N–H and O–H groups in total. The smallest absolute Gasteiger partial charge is 0.208 e. The molecule has 0 amide bonds. The predicted molar refractivity (Wildman–Crippen MR) is 95.3 cm³/mol. The summed E-state index contributed by atoms with van der Waals surface area (Å²) in [6, 6.07) is 8.14. The molecule has 0 aliphatic heterocycles. The highest BCUT2D eigenvalue weighted by Crippen LogP contribution is 2.36. The van der Waals surface area contributed by atoms with E-state index in [4.69, 9.17) is 27.9 Å². The van der Waals surface area contributed by atoms with Gasteiger partial charge in [-0.1, -0.05) is 23.7 Å². The van der Waals surface area contributed by atoms with Crippen LogP contribution in [-0.4, -0.2) is 21.8 Å². The average Bonchev–Trinajstić information content (AvgIpc) is 2.88. The highest BCUT2D eigenvalue weighted by molar-refractivity contribution is 6.31. The largest absolute Gasteiger partial charge is 0.497 e. The molecule has 2 aromatic carbocycles. The zero-order valence-electron chi connectivity index (χ0n) is 13.8. The molecule has 0 bridgehead atoms. The lowest BCUT2D eigenvalue weighted by atomic mass is 10.0. The minimum absolute atomic E-state index is 0.117. The molecule has 0 saturated heterocycles. The lowest BCUT2D eigenvalue weighted by Crippen LogP contribution is -2.12. The number of imidazole rings is 1. The van der Waals surface area contributed by atoms with E-state index in [0.29, 0.717) is 17.0 Å². The van der Waals surface area contributed by atoms with Gasteiger partial charge in [0.2, 0.25) is 5.28 Å². The Balaban J connectivity index is 2.21. The fourth-order valence-corrected chi connectivity index (χ4v) is 3.32. The van der Waals surface area contributed by atoms with Crippen LogP contribution in [0.15, 0.2) is 36.4 Å². The van der Waals surface area contributed by atoms with Crippen molar-refractivity contribution in [2.24, 2.45) is 0 Å². The van der Waals surface area contributed by atoms with Gasteiger partial charge in [-0.15, -0.1) is 0 Å². The minimum atomic E-state index is -1.31. The minimum Gasteiger partial charge on any atom is -0.497 e. The zero-order chi connectivity index (χ0) is 19.0. The molecule has 1 atom stereocenters. The summed E-state index contributed by atoms with van der Waals surface area (Å²) in [7, 11) is 1.49. The molecule has 0 fully saturated rings. The van der Waals surface area contributed by atoms with E-state index in [1.807, 2.05) is 0 Å². The molecule has 136 valence electrons. The summed E-state index contributed by atoms with van der Waals surface area (Å²) in [5.41, 5.74) is 0.338. The van der Waals surface area contributed by atoms with Gasteiger partial charge in [-0.3, -0.25) is 4.57 Å². The van der Waals surface area contributed by atoms with Gasteiger partial charge < -0.3 is 9.84 Å². The molecule has 0 spiro atoms. The summed E-state index contributed by atoms with van der Waals surface area (Å²) in [6.45, 7) is 1.58. The number of rotatable bonds is 4. The van der Waals surface area contributed by atoms with Gasteiger partial charge in [0.25, 0.3) is 0 Å². The number of aromatic nitrogens is 2. The number of hydrogen-bond acceptors (Lipinski definition) is 3. The molecule has 0 aliphatic carbocycles. The van der Waals surface area contributed by atoms with E-state index >= 15 is 0 Å². The van der Waals surface area contributed by atoms with Crippen molar-refractivity contribution < 1.29 is 18.6 Å². The summed E-state index contributed by atoms with van der Waals surface area (Å²) in [4.78, 5) is 4.05. The summed E-state index contributed by atoms with van der Waals surface area (Å²) >= 11 is 12.3. The fraction of sp³-hybridized carbons (Fsp3) is 0.167. The van der Waals surface area contributed by atoms with Crippen molar-refractivity contribution in [3.63, 3.8) is 0 Å². The van der Waals surface area contributed by atoms with E-state index in [9.17, 15) is 13.9 Å². The molecular formula is C18H14Cl2F2N2O2. The average molecular weight is 399 g/mol. The first-order chi connectivity index (χ1) is 12.3. The van der Waals surface area contributed by atoms with E-state index in [2.05, 4.69) is 4.98 Å². The Morgan fingerprint density at radius 1 is 1.15 bits per heavy atom. The van der Waals surface area contributed by atoms with E-state index < -0.39 is 23.4 Å². The van der Waals surface area contributed by atoms with Crippen molar-refractivity contribution >= 4 is 23.2 Å². The first kappa shape index (κ1) is 18.6. The van der Waals surface area contributed by atoms with Crippen LogP contribution in [0.4, 0.5) is 8.78 Å². The number of aliphatic hydroxyl groups excluding tert-OH is 1. The maximum atomic E-state index is 14.3. The van der Waals surface area contributed by atoms with Gasteiger partial charge in [0.1, 0.15) is 29.2 Å². The van der Waals surface area contributed by atoms with Crippen LogP contribution in [0.5, 0.6) is 5.75 Å². The molecule has 1 heterocycles. The number of nitrogens with zero attached hydrogens (tertiary/aromatic N) is 2. The molecule has 8 heteroatoms. The number of ether oxygens (including phenoxy) is 1. The molecule has 0 radical (unpaired) electrons. The van der Waals surface area contributed by atoms with Crippen LogP contribution in [0.3, 0.4) is 0 Å². The third-order valence-corrected chi connectivity index (χ3v) is 4.56. The SMILES string of the molecule is COc1ccc(C(O)c2c(C)nc(Cl)n2-c2c(F)cccc2F)c(Cl)c1. The Morgan fingerprint density at radius 3 is 2.38 bits per heavy atom. The lowest BCUT2D eigenvalue weighted by molar-refractivity contribution is 0.212. The number of aliphatic hydroxyl groups is 1. The monoisotopic (exact) mass is 398 g/mol. The summed E-state index contributed by atoms with van der Waals surface area (Å²) in [6.07, 6.45) is -1.31. The maximum absolute atomic E-state index is 14.3. The molecule has 1 unspecified atom stereocenters. The van der Waals surface area contributed by atoms with E-state index in [0.717, 1.165) is 16.7 Å². The van der Waals surface area contributed by atoms with Gasteiger partial charge >= 0.3 is 0 Å². The Bertz CT molecular complexity index is 956. The molecule has 1 aromatic heterocycles. The second-order valence-electron chi connectivity index (χ2n) is 5.55. The zero-order valence-corrected chi connectivity index (χ0v) is 15.3. The summed E-state index contributed by atoms with van der Waals surface area (Å²) < 4.78 is 34.7. The maximum Gasteiger partial charge on any atom is 0.208 e. The summed E-state index contributed by atoms with van der Waals surface area (Å²) in [5, 5.41) is 10.9. The third-order valence-electron chi connectivity index (χ3n) is 3.98. The van der Waals surface area contributed by atoms with Crippen LogP contribution in [0, 0.1) is 18.6 Å². The molecule has 0 saturated carbocycles. The first-order valence-corrected chi connectivity index (χ1v) is 8.31. The Labute approximate surface area is 158 Å². The van der Waals surface area contributed by atoms with Crippen molar-refractivity contribution in [1.29, 1.82) is 0 Å². The Hall–Kier alpha value is -2.15. The number of benzene rings is 2. The van der Waals surface area contributed by atoms with Crippen LogP contribution in [-0.2, 0) is 0 Å². The number of methoxy groups -OCH3 is 1. The predicted octanol–water partition coefficient (Wildman–Crippen LogP) is 4.86. The topological polar surface area (TPSA) is 47.3 Å². The summed E-state index contributed by atoms with van der Waals surface area (Å²) in [5.74, 6) is -1.16. The van der Waals surface area contributed by atoms with Crippen molar-refractivity contribution in [2.45, 2.75) is 13.0 Å². The Morgan fingerprint density at radius 2 is 1.81 bits per heavy atom. The van der Waals surface area contributed by atoms with E-state index in [1.54, 1.807) is 19.1 Å². The van der Waals surface area contributed by atoms with Crippen molar-refractivity contribution in [1.82, 2.24) is 9.55 Å². The van der Waals surface area contributed by atoms with Gasteiger partial charge in [-0.05, 0) is 42.8 Å². The van der Waals surface area contributed by atoms with E-state index in [1.165, 1.54) is 19.2 Å². The van der Waals surface area contributed by atoms with Gasteiger partial charge in [0.15, 0.2) is 0 Å². The standard InChI is InChI=1S/C18H14Cl2F2N2O2/c1-9-15(17(25)11-7-6-10(26-2)8-12(11)19)24(18(20)23-9)16-13(21)4-3-5-14(16)22/h3-8,17,25H,1-2H3. The number of aryl methyl sites for hydroxylation is 1. The van der Waals surface area contributed by atoms with Crippen molar-refractivity contribution in [3.8, 4) is 11.4 Å². The van der Waals surface area contributed by atoms with Gasteiger partial charge in [-0.2, -0.15) is 0 Å².